The van der Waals surface area contributed by atoms with Gasteiger partial charge in [-0.1, -0.05) is 6.07 Å². The van der Waals surface area contributed by atoms with E-state index in [9.17, 15) is 14.9 Å². The molecule has 132 valence electrons. The molecule has 0 saturated carbocycles. The molecule has 0 aliphatic heterocycles. The maximum atomic E-state index is 11.5. The molecule has 1 heterocycles. The number of nitrogens with zero attached hydrogens (tertiary/aromatic N) is 3. The van der Waals surface area contributed by atoms with Gasteiger partial charge in [-0.25, -0.2) is 9.78 Å². The lowest BCUT2D eigenvalue weighted by Gasteiger charge is -2.24. The zero-order valence-corrected chi connectivity index (χ0v) is 14.5. The summed E-state index contributed by atoms with van der Waals surface area (Å²) in [5.74, 6) is -0.621. The van der Waals surface area contributed by atoms with Crippen molar-refractivity contribution in [1.29, 1.82) is 0 Å². The van der Waals surface area contributed by atoms with Gasteiger partial charge >= 0.3 is 11.7 Å². The molecule has 0 radical (unpaired) electrons. The van der Waals surface area contributed by atoms with Crippen LogP contribution in [-0.4, -0.2) is 36.1 Å². The Balaban J connectivity index is 2.35. The van der Waals surface area contributed by atoms with E-state index in [2.05, 4.69) is 33.8 Å². The highest BCUT2D eigenvalue weighted by Crippen LogP contribution is 2.28. The van der Waals surface area contributed by atoms with E-state index in [1.54, 1.807) is 6.07 Å². The van der Waals surface area contributed by atoms with Crippen molar-refractivity contribution < 1.29 is 14.5 Å². The lowest BCUT2D eigenvalue weighted by Crippen LogP contribution is -2.25. The number of anilines is 3. The number of nitro groups is 1. The number of aromatic nitrogens is 1. The van der Waals surface area contributed by atoms with Crippen molar-refractivity contribution >= 4 is 28.8 Å². The molecule has 8 heteroatoms. The van der Waals surface area contributed by atoms with Gasteiger partial charge in [0.05, 0.1) is 17.6 Å². The predicted octanol–water partition coefficient (Wildman–Crippen LogP) is 3.36. The van der Waals surface area contributed by atoms with E-state index in [1.165, 1.54) is 13.3 Å². The van der Waals surface area contributed by atoms with Crippen LogP contribution in [0.25, 0.3) is 0 Å². The number of esters is 1. The summed E-state index contributed by atoms with van der Waals surface area (Å²) in [4.78, 5) is 28.3. The maximum Gasteiger partial charge on any atom is 0.339 e. The molecule has 0 aliphatic rings. The summed E-state index contributed by atoms with van der Waals surface area (Å²) >= 11 is 0. The highest BCUT2D eigenvalue weighted by molar-refractivity contribution is 5.90. The maximum absolute atomic E-state index is 11.5. The molecule has 0 fully saturated rings. The van der Waals surface area contributed by atoms with Crippen LogP contribution in [0.4, 0.5) is 22.9 Å². The van der Waals surface area contributed by atoms with Gasteiger partial charge in [0.25, 0.3) is 0 Å². The molecule has 0 aliphatic carbocycles. The SMILES string of the molecule is COC(=O)c1cnc(Nc2cccc(N(C)C(C)C)c2)c([N+](=O)[O-])c1. The normalized spacial score (nSPS) is 10.4. The molecular formula is C17H20N4O4. The molecular weight excluding hydrogens is 324 g/mol. The number of methoxy groups -OCH3 is 1. The van der Waals surface area contributed by atoms with Crippen molar-refractivity contribution in [1.82, 2.24) is 4.98 Å². The lowest BCUT2D eigenvalue weighted by molar-refractivity contribution is -0.384. The fraction of sp³-hybridized carbons (Fsp3) is 0.294. The highest BCUT2D eigenvalue weighted by atomic mass is 16.6. The van der Waals surface area contributed by atoms with Crippen LogP contribution < -0.4 is 10.2 Å². The largest absolute Gasteiger partial charge is 0.465 e. The van der Waals surface area contributed by atoms with Gasteiger partial charge in [0.1, 0.15) is 0 Å². The van der Waals surface area contributed by atoms with Crippen molar-refractivity contribution in [3.63, 3.8) is 0 Å². The molecule has 2 aromatic rings. The molecule has 2 rings (SSSR count). The average molecular weight is 344 g/mol. The summed E-state index contributed by atoms with van der Waals surface area (Å²) in [5.41, 5.74) is 1.35. The van der Waals surface area contributed by atoms with E-state index in [0.29, 0.717) is 11.7 Å². The Bertz CT molecular complexity index is 792. The van der Waals surface area contributed by atoms with Gasteiger partial charge in [-0.15, -0.1) is 0 Å². The Kier molecular flexibility index (Phi) is 5.53. The molecule has 0 amide bonds. The number of benzene rings is 1. The number of ether oxygens (including phenoxy) is 1. The second-order valence-corrected chi connectivity index (χ2v) is 5.72. The molecule has 0 bridgehead atoms. The first-order chi connectivity index (χ1) is 11.8. The number of carbonyl (C=O) groups excluding carboxylic acids is 1. The van der Waals surface area contributed by atoms with Crippen molar-refractivity contribution in [3.8, 4) is 0 Å². The number of rotatable bonds is 6. The van der Waals surface area contributed by atoms with E-state index in [4.69, 9.17) is 0 Å². The molecule has 0 spiro atoms. The Morgan fingerprint density at radius 2 is 2.08 bits per heavy atom. The monoisotopic (exact) mass is 344 g/mol. The van der Waals surface area contributed by atoms with E-state index in [-0.39, 0.29) is 17.1 Å². The van der Waals surface area contributed by atoms with Crippen LogP contribution in [0.5, 0.6) is 0 Å². The van der Waals surface area contributed by atoms with E-state index in [1.807, 2.05) is 25.2 Å². The van der Waals surface area contributed by atoms with Crippen LogP contribution >= 0.6 is 0 Å². The summed E-state index contributed by atoms with van der Waals surface area (Å²) in [7, 11) is 3.17. The minimum atomic E-state index is -0.678. The molecule has 0 atom stereocenters. The minimum absolute atomic E-state index is 0.0213. The topological polar surface area (TPSA) is 97.6 Å². The standard InChI is InChI=1S/C17H20N4O4/c1-11(2)20(3)14-7-5-6-13(9-14)19-16-15(21(23)24)8-12(10-18-16)17(22)25-4/h5-11H,1-4H3,(H,18,19). The van der Waals surface area contributed by atoms with Gasteiger partial charge in [0.2, 0.25) is 5.82 Å². The Morgan fingerprint density at radius 1 is 1.36 bits per heavy atom. The van der Waals surface area contributed by atoms with Gasteiger partial charge in [0.15, 0.2) is 0 Å². The molecule has 1 N–H and O–H groups in total. The first kappa shape index (κ1) is 18.2. The summed E-state index contributed by atoms with van der Waals surface area (Å²) in [5, 5.41) is 14.2. The molecule has 0 unspecified atom stereocenters. The fourth-order valence-corrected chi connectivity index (χ4v) is 2.16. The number of carbonyl (C=O) groups is 1. The molecule has 0 saturated heterocycles. The fourth-order valence-electron chi connectivity index (χ4n) is 2.16. The number of pyridine rings is 1. The molecule has 1 aromatic heterocycles. The summed E-state index contributed by atoms with van der Waals surface area (Å²) in [6.45, 7) is 4.13. The van der Waals surface area contributed by atoms with Crippen LogP contribution in [0.3, 0.4) is 0 Å². The van der Waals surface area contributed by atoms with Crippen LogP contribution in [0.2, 0.25) is 0 Å². The summed E-state index contributed by atoms with van der Waals surface area (Å²) < 4.78 is 4.57. The van der Waals surface area contributed by atoms with E-state index >= 15 is 0 Å². The number of hydrogen-bond acceptors (Lipinski definition) is 7. The van der Waals surface area contributed by atoms with Crippen LogP contribution in [-0.2, 0) is 4.74 Å². The van der Waals surface area contributed by atoms with Crippen molar-refractivity contribution in [2.45, 2.75) is 19.9 Å². The summed E-state index contributed by atoms with van der Waals surface area (Å²) in [6, 6.07) is 8.92. The molecule has 8 nitrogen and oxygen atoms in total. The van der Waals surface area contributed by atoms with Crippen LogP contribution in [0, 0.1) is 10.1 Å². The van der Waals surface area contributed by atoms with E-state index in [0.717, 1.165) is 11.8 Å². The minimum Gasteiger partial charge on any atom is -0.465 e. The smallest absolute Gasteiger partial charge is 0.339 e. The zero-order valence-electron chi connectivity index (χ0n) is 14.5. The second kappa shape index (κ2) is 7.61. The quantitative estimate of drug-likeness (QED) is 0.487. The summed E-state index contributed by atoms with van der Waals surface area (Å²) in [6.07, 6.45) is 1.24. The Labute approximate surface area is 145 Å². The number of nitrogens with one attached hydrogen (secondary N) is 1. The zero-order chi connectivity index (χ0) is 18.6. The average Bonchev–Trinajstić information content (AvgIpc) is 2.60. The Morgan fingerprint density at radius 3 is 2.68 bits per heavy atom. The van der Waals surface area contributed by atoms with Gasteiger partial charge in [0, 0.05) is 36.7 Å². The predicted molar refractivity (Wildman–Crippen MR) is 95.5 cm³/mol. The van der Waals surface area contributed by atoms with Crippen molar-refractivity contribution in [2.24, 2.45) is 0 Å². The first-order valence-corrected chi connectivity index (χ1v) is 7.66. The lowest BCUT2D eigenvalue weighted by atomic mass is 10.2. The van der Waals surface area contributed by atoms with Crippen LogP contribution in [0.15, 0.2) is 36.5 Å². The van der Waals surface area contributed by atoms with Crippen molar-refractivity contribution in [3.05, 3.63) is 52.2 Å². The van der Waals surface area contributed by atoms with Gasteiger partial charge < -0.3 is 15.0 Å². The van der Waals surface area contributed by atoms with Gasteiger partial charge in [-0.3, -0.25) is 10.1 Å². The Hall–Kier alpha value is -3.16. The van der Waals surface area contributed by atoms with Gasteiger partial charge in [-0.05, 0) is 32.0 Å². The third-order valence-corrected chi connectivity index (χ3v) is 3.78. The first-order valence-electron chi connectivity index (χ1n) is 7.66. The van der Waals surface area contributed by atoms with E-state index < -0.39 is 10.9 Å². The molecule has 1 aromatic carbocycles. The second-order valence-electron chi connectivity index (χ2n) is 5.72. The van der Waals surface area contributed by atoms with Crippen LogP contribution in [0.1, 0.15) is 24.2 Å². The van der Waals surface area contributed by atoms with Crippen molar-refractivity contribution in [2.75, 3.05) is 24.4 Å². The highest BCUT2D eigenvalue weighted by Gasteiger charge is 2.20. The van der Waals surface area contributed by atoms with Gasteiger partial charge in [-0.2, -0.15) is 0 Å². The third kappa shape index (κ3) is 4.23. The number of hydrogen-bond donors (Lipinski definition) is 1. The third-order valence-electron chi connectivity index (χ3n) is 3.78. The molecule has 25 heavy (non-hydrogen) atoms.